The van der Waals surface area contributed by atoms with Gasteiger partial charge in [0.15, 0.2) is 6.61 Å². The number of hydrogen-bond acceptors (Lipinski definition) is 4. The molecular formula is C21H30N2O5. The van der Waals surface area contributed by atoms with E-state index in [0.29, 0.717) is 24.3 Å². The molecule has 1 saturated heterocycles. The van der Waals surface area contributed by atoms with Crippen molar-refractivity contribution >= 4 is 17.8 Å². The number of likely N-dealkylation sites (tertiary alicyclic amines) is 1. The monoisotopic (exact) mass is 390 g/mol. The van der Waals surface area contributed by atoms with Gasteiger partial charge in [-0.3, -0.25) is 14.4 Å². The van der Waals surface area contributed by atoms with Crippen LogP contribution in [0.5, 0.6) is 5.75 Å². The lowest BCUT2D eigenvalue weighted by molar-refractivity contribution is -0.139. The van der Waals surface area contributed by atoms with Crippen LogP contribution < -0.4 is 4.74 Å². The molecule has 0 spiro atoms. The molecule has 2 atom stereocenters. The summed E-state index contributed by atoms with van der Waals surface area (Å²) >= 11 is 0. The number of rotatable bonds is 8. The van der Waals surface area contributed by atoms with Gasteiger partial charge in [0.1, 0.15) is 12.3 Å². The molecule has 1 aromatic rings. The van der Waals surface area contributed by atoms with E-state index in [2.05, 4.69) is 13.8 Å². The molecule has 0 saturated carbocycles. The number of ether oxygens (including phenoxy) is 1. The van der Waals surface area contributed by atoms with Crippen LogP contribution >= 0.6 is 0 Å². The quantitative estimate of drug-likeness (QED) is 0.737. The van der Waals surface area contributed by atoms with Crippen LogP contribution in [-0.2, 0) is 9.59 Å². The van der Waals surface area contributed by atoms with Gasteiger partial charge in [-0.1, -0.05) is 6.92 Å². The van der Waals surface area contributed by atoms with Crippen molar-refractivity contribution in [3.63, 3.8) is 0 Å². The highest BCUT2D eigenvalue weighted by atomic mass is 16.5. The molecule has 2 rings (SSSR count). The Morgan fingerprint density at radius 2 is 1.75 bits per heavy atom. The van der Waals surface area contributed by atoms with Crippen LogP contribution in [0.15, 0.2) is 24.3 Å². The highest BCUT2D eigenvalue weighted by Crippen LogP contribution is 2.23. The van der Waals surface area contributed by atoms with Crippen molar-refractivity contribution in [2.45, 2.75) is 58.5 Å². The average molecular weight is 390 g/mol. The topological polar surface area (TPSA) is 87.1 Å². The average Bonchev–Trinajstić information content (AvgIpc) is 2.65. The molecule has 0 radical (unpaired) electrons. The summed E-state index contributed by atoms with van der Waals surface area (Å²) in [4.78, 5) is 39.2. The Labute approximate surface area is 166 Å². The zero-order chi connectivity index (χ0) is 20.7. The standard InChI is InChI=1S/C21H30N2O5/c1-4-12-22(13-20(25)26)21(27)17-8-10-18(11-9-17)28-14-19(24)23-15(2)6-5-7-16(23)3/h8-11,15-16H,4-7,12-14H2,1-3H3,(H,25,26). The summed E-state index contributed by atoms with van der Waals surface area (Å²) in [5, 5.41) is 8.97. The van der Waals surface area contributed by atoms with E-state index in [-0.39, 0.29) is 37.0 Å². The van der Waals surface area contributed by atoms with Crippen molar-refractivity contribution in [3.05, 3.63) is 29.8 Å². The van der Waals surface area contributed by atoms with E-state index in [1.807, 2.05) is 11.8 Å². The Morgan fingerprint density at radius 1 is 1.14 bits per heavy atom. The molecule has 154 valence electrons. The maximum Gasteiger partial charge on any atom is 0.323 e. The highest BCUT2D eigenvalue weighted by molar-refractivity contribution is 5.96. The Kier molecular flexibility index (Phi) is 7.84. The summed E-state index contributed by atoms with van der Waals surface area (Å²) in [5.41, 5.74) is 0.395. The number of carbonyl (C=O) groups excluding carboxylic acids is 2. The minimum atomic E-state index is -1.04. The molecule has 1 aliphatic heterocycles. The van der Waals surface area contributed by atoms with E-state index in [4.69, 9.17) is 9.84 Å². The molecule has 1 aliphatic rings. The van der Waals surface area contributed by atoms with Gasteiger partial charge < -0.3 is 19.6 Å². The Morgan fingerprint density at radius 3 is 2.29 bits per heavy atom. The number of aliphatic carboxylic acids is 1. The number of hydrogen-bond donors (Lipinski definition) is 1. The molecule has 1 heterocycles. The first-order valence-electron chi connectivity index (χ1n) is 9.88. The van der Waals surface area contributed by atoms with Gasteiger partial charge in [-0.2, -0.15) is 0 Å². The maximum absolute atomic E-state index is 12.5. The summed E-state index contributed by atoms with van der Waals surface area (Å²) < 4.78 is 5.61. The fourth-order valence-corrected chi connectivity index (χ4v) is 3.69. The van der Waals surface area contributed by atoms with Gasteiger partial charge in [-0.15, -0.1) is 0 Å². The summed E-state index contributed by atoms with van der Waals surface area (Å²) in [6.07, 6.45) is 3.84. The molecule has 28 heavy (non-hydrogen) atoms. The second-order valence-electron chi connectivity index (χ2n) is 7.36. The lowest BCUT2D eigenvalue weighted by Gasteiger charge is -2.38. The van der Waals surface area contributed by atoms with Crippen LogP contribution in [0.2, 0.25) is 0 Å². The van der Waals surface area contributed by atoms with Crippen LogP contribution in [0.1, 0.15) is 56.8 Å². The SMILES string of the molecule is CCCN(CC(=O)O)C(=O)c1ccc(OCC(=O)N2C(C)CCCC2C)cc1. The Balaban J connectivity index is 1.95. The van der Waals surface area contributed by atoms with E-state index < -0.39 is 5.97 Å². The highest BCUT2D eigenvalue weighted by Gasteiger charge is 2.29. The lowest BCUT2D eigenvalue weighted by atomic mass is 9.97. The third-order valence-electron chi connectivity index (χ3n) is 5.05. The predicted octanol–water partition coefficient (Wildman–Crippen LogP) is 2.79. The van der Waals surface area contributed by atoms with Crippen molar-refractivity contribution in [1.82, 2.24) is 9.80 Å². The number of amides is 2. The molecule has 7 heteroatoms. The van der Waals surface area contributed by atoms with Crippen LogP contribution in [0.3, 0.4) is 0 Å². The normalized spacial score (nSPS) is 19.2. The zero-order valence-electron chi connectivity index (χ0n) is 16.9. The van der Waals surface area contributed by atoms with Gasteiger partial charge in [0.25, 0.3) is 11.8 Å². The van der Waals surface area contributed by atoms with Gasteiger partial charge in [0, 0.05) is 24.2 Å². The summed E-state index contributed by atoms with van der Waals surface area (Å²) in [6, 6.07) is 6.90. The van der Waals surface area contributed by atoms with E-state index in [0.717, 1.165) is 19.3 Å². The number of piperidine rings is 1. The van der Waals surface area contributed by atoms with Crippen LogP contribution in [-0.4, -0.2) is 64.5 Å². The van der Waals surface area contributed by atoms with Crippen molar-refractivity contribution in [2.75, 3.05) is 19.7 Å². The fraction of sp³-hybridized carbons (Fsp3) is 0.571. The maximum atomic E-state index is 12.5. The molecule has 2 unspecified atom stereocenters. The van der Waals surface area contributed by atoms with Crippen LogP contribution in [0.25, 0.3) is 0 Å². The van der Waals surface area contributed by atoms with E-state index >= 15 is 0 Å². The first kappa shape index (κ1) is 21.7. The molecule has 1 fully saturated rings. The number of benzene rings is 1. The second kappa shape index (κ2) is 10.1. The lowest BCUT2D eigenvalue weighted by Crippen LogP contribution is -2.49. The molecule has 1 N–H and O–H groups in total. The van der Waals surface area contributed by atoms with Crippen molar-refractivity contribution < 1.29 is 24.2 Å². The van der Waals surface area contributed by atoms with E-state index in [9.17, 15) is 14.4 Å². The smallest absolute Gasteiger partial charge is 0.323 e. The number of carboxylic acid groups (broad SMARTS) is 1. The van der Waals surface area contributed by atoms with Crippen LogP contribution in [0, 0.1) is 0 Å². The molecule has 2 amide bonds. The molecule has 1 aromatic carbocycles. The van der Waals surface area contributed by atoms with Crippen molar-refractivity contribution in [3.8, 4) is 5.75 Å². The minimum absolute atomic E-state index is 0.0320. The van der Waals surface area contributed by atoms with Gasteiger partial charge >= 0.3 is 5.97 Å². The number of carbonyl (C=O) groups is 3. The third kappa shape index (κ3) is 5.71. The summed E-state index contributed by atoms with van der Waals surface area (Å²) in [6.45, 7) is 6.03. The minimum Gasteiger partial charge on any atom is -0.484 e. The first-order chi connectivity index (χ1) is 13.3. The first-order valence-corrected chi connectivity index (χ1v) is 9.88. The van der Waals surface area contributed by atoms with Gasteiger partial charge in [0.2, 0.25) is 0 Å². The number of nitrogens with zero attached hydrogens (tertiary/aromatic N) is 2. The molecular weight excluding hydrogens is 360 g/mol. The van der Waals surface area contributed by atoms with Crippen molar-refractivity contribution in [1.29, 1.82) is 0 Å². The largest absolute Gasteiger partial charge is 0.484 e. The van der Waals surface area contributed by atoms with E-state index in [1.54, 1.807) is 24.3 Å². The van der Waals surface area contributed by atoms with Gasteiger partial charge in [-0.25, -0.2) is 0 Å². The van der Waals surface area contributed by atoms with Crippen molar-refractivity contribution in [2.24, 2.45) is 0 Å². The Hall–Kier alpha value is -2.57. The fourth-order valence-electron chi connectivity index (χ4n) is 3.69. The predicted molar refractivity (Wildman–Crippen MR) is 105 cm³/mol. The van der Waals surface area contributed by atoms with E-state index in [1.165, 1.54) is 4.90 Å². The van der Waals surface area contributed by atoms with Crippen LogP contribution in [0.4, 0.5) is 0 Å². The van der Waals surface area contributed by atoms with Gasteiger partial charge in [-0.05, 0) is 63.8 Å². The molecule has 7 nitrogen and oxygen atoms in total. The molecule has 0 aliphatic carbocycles. The molecule has 0 bridgehead atoms. The van der Waals surface area contributed by atoms with Gasteiger partial charge in [0.05, 0.1) is 0 Å². The zero-order valence-corrected chi connectivity index (χ0v) is 16.9. The summed E-state index contributed by atoms with van der Waals surface area (Å²) in [5.74, 6) is -0.901. The summed E-state index contributed by atoms with van der Waals surface area (Å²) in [7, 11) is 0. The Bertz CT molecular complexity index is 679. The molecule has 0 aromatic heterocycles. The number of carboxylic acids is 1. The second-order valence-corrected chi connectivity index (χ2v) is 7.36. The third-order valence-corrected chi connectivity index (χ3v) is 5.05.